The molecule has 108 valence electrons. The molecule has 0 aliphatic rings. The van der Waals surface area contributed by atoms with Crippen molar-refractivity contribution in [3.8, 4) is 17.6 Å². The highest BCUT2D eigenvalue weighted by atomic mass is 35.5. The molecule has 0 fully saturated rings. The Morgan fingerprint density at radius 2 is 1.90 bits per heavy atom. The van der Waals surface area contributed by atoms with E-state index in [9.17, 15) is 4.39 Å². The zero-order valence-electron chi connectivity index (χ0n) is 11.6. The number of hydrogen-bond acceptors (Lipinski definition) is 1. The molecule has 2 aromatic carbocycles. The fraction of sp³-hybridized carbons (Fsp3) is 0.222. The Morgan fingerprint density at radius 1 is 1.10 bits per heavy atom. The van der Waals surface area contributed by atoms with Gasteiger partial charge in [-0.2, -0.15) is 0 Å². The summed E-state index contributed by atoms with van der Waals surface area (Å²) in [5, 5.41) is 0. The molecule has 1 nitrogen and oxygen atoms in total. The summed E-state index contributed by atoms with van der Waals surface area (Å²) in [6, 6.07) is 14.8. The van der Waals surface area contributed by atoms with Gasteiger partial charge in [0.2, 0.25) is 0 Å². The van der Waals surface area contributed by atoms with Crippen LogP contribution in [0.1, 0.15) is 17.5 Å². The first-order chi connectivity index (χ1) is 10.3. The van der Waals surface area contributed by atoms with E-state index in [1.54, 1.807) is 12.1 Å². The van der Waals surface area contributed by atoms with Gasteiger partial charge in [0, 0.05) is 24.8 Å². The Hall–Kier alpha value is -1.98. The van der Waals surface area contributed by atoms with Crippen LogP contribution in [-0.2, 0) is 6.42 Å². The molecule has 0 aliphatic heterocycles. The number of rotatable bonds is 5. The molecule has 0 heterocycles. The maximum atomic E-state index is 13.8. The van der Waals surface area contributed by atoms with E-state index in [1.165, 1.54) is 11.6 Å². The first kappa shape index (κ1) is 15.4. The highest BCUT2D eigenvalue weighted by molar-refractivity contribution is 6.18. The van der Waals surface area contributed by atoms with E-state index in [1.807, 2.05) is 30.3 Å². The molecule has 0 saturated heterocycles. The van der Waals surface area contributed by atoms with Gasteiger partial charge >= 0.3 is 0 Å². The highest BCUT2D eigenvalue weighted by Crippen LogP contribution is 2.16. The third-order valence-electron chi connectivity index (χ3n) is 2.89. The van der Waals surface area contributed by atoms with Gasteiger partial charge in [-0.1, -0.05) is 42.2 Å². The second kappa shape index (κ2) is 8.34. The molecule has 0 unspecified atom stereocenters. The summed E-state index contributed by atoms with van der Waals surface area (Å²) in [5.74, 6) is 6.18. The lowest BCUT2D eigenvalue weighted by Gasteiger charge is -2.07. The third-order valence-corrected chi connectivity index (χ3v) is 3.07. The molecule has 2 aromatic rings. The zero-order chi connectivity index (χ0) is 14.9. The Balaban J connectivity index is 1.90. The van der Waals surface area contributed by atoms with E-state index in [2.05, 4.69) is 11.8 Å². The van der Waals surface area contributed by atoms with Gasteiger partial charge < -0.3 is 4.74 Å². The van der Waals surface area contributed by atoms with Gasteiger partial charge in [-0.3, -0.25) is 0 Å². The predicted molar refractivity (Wildman–Crippen MR) is 84.3 cm³/mol. The molecule has 0 aliphatic carbocycles. The molecule has 0 atom stereocenters. The quantitative estimate of drug-likeness (QED) is 0.586. The van der Waals surface area contributed by atoms with Gasteiger partial charge in [0.05, 0.1) is 12.2 Å². The Bertz CT molecular complexity index is 629. The van der Waals surface area contributed by atoms with E-state index in [0.717, 1.165) is 6.42 Å². The van der Waals surface area contributed by atoms with Crippen molar-refractivity contribution in [2.24, 2.45) is 0 Å². The number of halogens is 2. The summed E-state index contributed by atoms with van der Waals surface area (Å²) < 4.78 is 19.4. The van der Waals surface area contributed by atoms with Gasteiger partial charge in [0.25, 0.3) is 0 Å². The highest BCUT2D eigenvalue weighted by Gasteiger charge is 2.02. The van der Waals surface area contributed by atoms with E-state index >= 15 is 0 Å². The van der Waals surface area contributed by atoms with Crippen LogP contribution < -0.4 is 4.74 Å². The van der Waals surface area contributed by atoms with Gasteiger partial charge in [0.15, 0.2) is 0 Å². The summed E-state index contributed by atoms with van der Waals surface area (Å²) in [7, 11) is 0. The van der Waals surface area contributed by atoms with E-state index < -0.39 is 0 Å². The summed E-state index contributed by atoms with van der Waals surface area (Å²) in [5.41, 5.74) is 1.57. The van der Waals surface area contributed by atoms with Crippen LogP contribution >= 0.6 is 11.6 Å². The molecular formula is C18H16ClFO. The predicted octanol–water partition coefficient (Wildman–Crippen LogP) is 4.43. The average Bonchev–Trinajstić information content (AvgIpc) is 2.51. The molecule has 3 heteroatoms. The van der Waals surface area contributed by atoms with Crippen molar-refractivity contribution in [3.05, 3.63) is 65.5 Å². The van der Waals surface area contributed by atoms with Crippen molar-refractivity contribution in [1.82, 2.24) is 0 Å². The zero-order valence-corrected chi connectivity index (χ0v) is 12.4. The molecule has 0 amide bonds. The van der Waals surface area contributed by atoms with E-state index in [4.69, 9.17) is 16.3 Å². The smallest absolute Gasteiger partial charge is 0.142 e. The monoisotopic (exact) mass is 302 g/mol. The molecule has 0 aromatic heterocycles. The first-order valence-corrected chi connectivity index (χ1v) is 7.34. The number of ether oxygens (including phenoxy) is 1. The van der Waals surface area contributed by atoms with Crippen LogP contribution in [0.4, 0.5) is 4.39 Å². The van der Waals surface area contributed by atoms with Crippen molar-refractivity contribution in [1.29, 1.82) is 0 Å². The lowest BCUT2D eigenvalue weighted by Crippen LogP contribution is -2.01. The lowest BCUT2D eigenvalue weighted by atomic mass is 10.2. The molecule has 21 heavy (non-hydrogen) atoms. The maximum absolute atomic E-state index is 13.8. The number of alkyl halides is 1. The maximum Gasteiger partial charge on any atom is 0.142 e. The minimum Gasteiger partial charge on any atom is -0.493 e. The molecule has 0 saturated carbocycles. The van der Waals surface area contributed by atoms with Crippen LogP contribution in [0.5, 0.6) is 5.75 Å². The van der Waals surface area contributed by atoms with Crippen molar-refractivity contribution in [2.75, 3.05) is 12.5 Å². The fourth-order valence-electron chi connectivity index (χ4n) is 1.82. The van der Waals surface area contributed by atoms with Gasteiger partial charge in [-0.25, -0.2) is 4.39 Å². The molecule has 2 rings (SSSR count). The molecule has 0 spiro atoms. The normalized spacial score (nSPS) is 9.81. The Morgan fingerprint density at radius 3 is 2.62 bits per heavy atom. The van der Waals surface area contributed by atoms with E-state index in [0.29, 0.717) is 30.2 Å². The first-order valence-electron chi connectivity index (χ1n) is 6.80. The minimum absolute atomic E-state index is 0.366. The number of benzene rings is 2. The Labute approximate surface area is 129 Å². The van der Waals surface area contributed by atoms with Crippen molar-refractivity contribution in [2.45, 2.75) is 12.8 Å². The van der Waals surface area contributed by atoms with Crippen LogP contribution in [0.15, 0.2) is 48.5 Å². The van der Waals surface area contributed by atoms with Crippen LogP contribution in [0.3, 0.4) is 0 Å². The minimum atomic E-state index is -0.366. The SMILES string of the molecule is Fc1cc(OCCc2ccccc2)ccc1C#CCCCl. The summed E-state index contributed by atoms with van der Waals surface area (Å²) >= 11 is 5.52. The van der Waals surface area contributed by atoms with Crippen LogP contribution in [0.25, 0.3) is 0 Å². The van der Waals surface area contributed by atoms with E-state index in [-0.39, 0.29) is 5.82 Å². The van der Waals surface area contributed by atoms with Crippen LogP contribution in [0, 0.1) is 17.7 Å². The van der Waals surface area contributed by atoms with Crippen molar-refractivity contribution < 1.29 is 9.13 Å². The molecule has 0 radical (unpaired) electrons. The van der Waals surface area contributed by atoms with Gasteiger partial charge in [-0.05, 0) is 17.7 Å². The molecule has 0 N–H and O–H groups in total. The van der Waals surface area contributed by atoms with Crippen LogP contribution in [-0.4, -0.2) is 12.5 Å². The molecule has 0 bridgehead atoms. The van der Waals surface area contributed by atoms with Gasteiger partial charge in [0.1, 0.15) is 11.6 Å². The second-order valence-electron chi connectivity index (χ2n) is 4.47. The lowest BCUT2D eigenvalue weighted by molar-refractivity contribution is 0.320. The number of hydrogen-bond donors (Lipinski definition) is 0. The summed E-state index contributed by atoms with van der Waals surface area (Å²) in [4.78, 5) is 0. The summed E-state index contributed by atoms with van der Waals surface area (Å²) in [6.07, 6.45) is 1.34. The van der Waals surface area contributed by atoms with Gasteiger partial charge in [-0.15, -0.1) is 11.6 Å². The van der Waals surface area contributed by atoms with Crippen LogP contribution in [0.2, 0.25) is 0 Å². The van der Waals surface area contributed by atoms with Crippen molar-refractivity contribution >= 4 is 11.6 Å². The Kier molecular flexibility index (Phi) is 6.12. The third kappa shape index (κ3) is 5.13. The summed E-state index contributed by atoms with van der Waals surface area (Å²) in [6.45, 7) is 0.515. The van der Waals surface area contributed by atoms with Crippen molar-refractivity contribution in [3.63, 3.8) is 0 Å². The average molecular weight is 303 g/mol. The largest absolute Gasteiger partial charge is 0.493 e. The fourth-order valence-corrected chi connectivity index (χ4v) is 1.92. The molecular weight excluding hydrogens is 287 g/mol. The standard InChI is InChI=1S/C18H16ClFO/c19-12-5-4-8-16-9-10-17(14-18(16)20)21-13-11-15-6-2-1-3-7-15/h1-3,6-7,9-10,14H,5,11-13H2. The second-order valence-corrected chi connectivity index (χ2v) is 4.84. The topological polar surface area (TPSA) is 9.23 Å².